The summed E-state index contributed by atoms with van der Waals surface area (Å²) in [6.45, 7) is -1.15. The largest absolute Gasteiger partial charge is 0.573 e. The Kier molecular flexibility index (Phi) is 7.01. The number of benzene rings is 2. The monoisotopic (exact) mass is 566 g/mol. The average Bonchev–Trinajstić information content (AvgIpc) is 3.14. The van der Waals surface area contributed by atoms with Crippen LogP contribution in [0.3, 0.4) is 0 Å². The molecular weight excluding hydrogens is 554 g/mol. The lowest BCUT2D eigenvalue weighted by Crippen LogP contribution is -2.38. The summed E-state index contributed by atoms with van der Waals surface area (Å²) in [4.78, 5) is 26.5. The van der Waals surface area contributed by atoms with E-state index in [2.05, 4.69) is 4.74 Å². The molecule has 2 aromatic carbocycles. The van der Waals surface area contributed by atoms with Crippen LogP contribution in [0.1, 0.15) is 0 Å². The number of aliphatic hydroxyl groups is 1. The summed E-state index contributed by atoms with van der Waals surface area (Å²) in [5, 5.41) is 9.11. The highest BCUT2D eigenvalue weighted by molar-refractivity contribution is 7.22. The van der Waals surface area contributed by atoms with E-state index in [1.807, 2.05) is 4.98 Å². The van der Waals surface area contributed by atoms with Crippen LogP contribution >= 0.6 is 22.9 Å². The molecule has 0 saturated heterocycles. The van der Waals surface area contributed by atoms with Gasteiger partial charge in [0.05, 0.1) is 21.8 Å². The fraction of sp³-hybridized carbons (Fsp3) is 0.182. The molecule has 0 radical (unpaired) electrons. The topological polar surface area (TPSA) is 93.6 Å². The molecule has 4 rings (SSSR count). The van der Waals surface area contributed by atoms with E-state index in [4.69, 9.17) is 16.3 Å². The number of fused-ring (bicyclic) bond motifs is 1. The Bertz CT molecular complexity index is 1540. The van der Waals surface area contributed by atoms with Crippen LogP contribution in [0.15, 0.2) is 58.1 Å². The minimum atomic E-state index is -4.99. The Labute approximate surface area is 211 Å². The van der Waals surface area contributed by atoms with Gasteiger partial charge < -0.3 is 14.6 Å². The first kappa shape index (κ1) is 26.6. The van der Waals surface area contributed by atoms with Crippen molar-refractivity contribution in [1.29, 1.82) is 0 Å². The smallest absolute Gasteiger partial charge is 0.457 e. The van der Waals surface area contributed by atoms with Crippen molar-refractivity contribution >= 4 is 33.2 Å². The highest BCUT2D eigenvalue weighted by Crippen LogP contribution is 2.41. The van der Waals surface area contributed by atoms with Crippen molar-refractivity contribution in [1.82, 2.24) is 9.55 Å². The molecule has 2 aromatic heterocycles. The predicted octanol–water partition coefficient (Wildman–Crippen LogP) is 5.69. The van der Waals surface area contributed by atoms with E-state index in [0.29, 0.717) is 10.1 Å². The normalized spacial score (nSPS) is 13.1. The minimum Gasteiger partial charge on any atom is -0.457 e. The molecule has 0 spiro atoms. The SMILES string of the molecule is O=c1[nH]c(=O)n(CC(O)C(F)(F)F)c2sc(-c3ccc(Oc4ccc(OC(F)(F)F)cc4)cc3)c(Cl)c12. The van der Waals surface area contributed by atoms with Crippen molar-refractivity contribution in [2.75, 3.05) is 0 Å². The number of nitrogens with one attached hydrogen (secondary N) is 1. The summed E-state index contributed by atoms with van der Waals surface area (Å²) in [6, 6.07) is 10.7. The van der Waals surface area contributed by atoms with Gasteiger partial charge in [-0.05, 0) is 54.1 Å². The van der Waals surface area contributed by atoms with E-state index in [0.717, 1.165) is 23.5 Å². The number of aromatic amines is 1. The first-order chi connectivity index (χ1) is 17.2. The van der Waals surface area contributed by atoms with Crippen LogP contribution in [0.2, 0.25) is 5.02 Å². The molecular formula is C22H13ClF6N2O5S. The van der Waals surface area contributed by atoms with Crippen LogP contribution in [0.4, 0.5) is 26.3 Å². The summed E-state index contributed by atoms with van der Waals surface area (Å²) in [5.74, 6) is 0.0697. The Hall–Kier alpha value is -3.49. The number of alkyl halides is 6. The molecule has 1 atom stereocenters. The van der Waals surface area contributed by atoms with Crippen molar-refractivity contribution < 1.29 is 40.9 Å². The number of aromatic nitrogens is 2. The van der Waals surface area contributed by atoms with E-state index in [1.54, 1.807) is 0 Å². The third-order valence-corrected chi connectivity index (χ3v) is 6.66. The zero-order valence-electron chi connectivity index (χ0n) is 18.0. The van der Waals surface area contributed by atoms with Crippen LogP contribution in [0.25, 0.3) is 20.7 Å². The number of nitrogens with zero attached hydrogens (tertiary/aromatic N) is 1. The molecule has 0 amide bonds. The molecule has 196 valence electrons. The summed E-state index contributed by atoms with van der Waals surface area (Å²) in [7, 11) is 0. The van der Waals surface area contributed by atoms with Crippen LogP contribution in [-0.4, -0.2) is 33.3 Å². The quantitative estimate of drug-likeness (QED) is 0.293. The van der Waals surface area contributed by atoms with Gasteiger partial charge in [-0.2, -0.15) is 13.2 Å². The third-order valence-electron chi connectivity index (χ3n) is 4.91. The van der Waals surface area contributed by atoms with E-state index in [1.165, 1.54) is 36.4 Å². The van der Waals surface area contributed by atoms with Crippen molar-refractivity contribution in [3.8, 4) is 27.7 Å². The number of ether oxygens (including phenoxy) is 2. The molecule has 2 N–H and O–H groups in total. The predicted molar refractivity (Wildman–Crippen MR) is 122 cm³/mol. The summed E-state index contributed by atoms with van der Waals surface area (Å²) in [6.07, 6.45) is -12.7. The maximum absolute atomic E-state index is 12.9. The molecule has 37 heavy (non-hydrogen) atoms. The third kappa shape index (κ3) is 5.92. The zero-order chi connectivity index (χ0) is 27.1. The van der Waals surface area contributed by atoms with Crippen molar-refractivity contribution in [3.63, 3.8) is 0 Å². The number of H-pyrrole nitrogens is 1. The van der Waals surface area contributed by atoms with Gasteiger partial charge in [-0.25, -0.2) is 4.79 Å². The Morgan fingerprint density at radius 1 is 0.946 bits per heavy atom. The lowest BCUT2D eigenvalue weighted by molar-refractivity contribution is -0.274. The number of hydrogen-bond acceptors (Lipinski definition) is 6. The van der Waals surface area contributed by atoms with E-state index >= 15 is 0 Å². The van der Waals surface area contributed by atoms with Gasteiger partial charge in [0, 0.05) is 0 Å². The lowest BCUT2D eigenvalue weighted by Gasteiger charge is -2.15. The van der Waals surface area contributed by atoms with Crippen molar-refractivity contribution in [3.05, 3.63) is 74.4 Å². The molecule has 0 aliphatic rings. The summed E-state index contributed by atoms with van der Waals surface area (Å²) in [5.41, 5.74) is -1.61. The van der Waals surface area contributed by atoms with Gasteiger partial charge in [0.15, 0.2) is 6.10 Å². The molecule has 7 nitrogen and oxygen atoms in total. The molecule has 4 aromatic rings. The van der Waals surface area contributed by atoms with Crippen molar-refractivity contribution in [2.24, 2.45) is 0 Å². The van der Waals surface area contributed by atoms with E-state index in [9.17, 15) is 41.0 Å². The summed E-state index contributed by atoms with van der Waals surface area (Å²) < 4.78 is 85.3. The first-order valence-corrected chi connectivity index (χ1v) is 11.3. The Morgan fingerprint density at radius 2 is 1.49 bits per heavy atom. The van der Waals surface area contributed by atoms with Gasteiger partial charge in [-0.15, -0.1) is 24.5 Å². The highest BCUT2D eigenvalue weighted by atomic mass is 35.5. The minimum absolute atomic E-state index is 0.106. The molecule has 0 bridgehead atoms. The van der Waals surface area contributed by atoms with Crippen molar-refractivity contribution in [2.45, 2.75) is 25.2 Å². The number of rotatable bonds is 6. The van der Waals surface area contributed by atoms with Gasteiger partial charge in [0.1, 0.15) is 22.1 Å². The number of hydrogen-bond donors (Lipinski definition) is 2. The van der Waals surface area contributed by atoms with Crippen LogP contribution in [0, 0.1) is 0 Å². The second-order valence-corrected chi connectivity index (χ2v) is 8.88. The number of aliphatic hydroxyl groups excluding tert-OH is 1. The molecule has 0 fully saturated rings. The second-order valence-electron chi connectivity index (χ2n) is 7.50. The maximum Gasteiger partial charge on any atom is 0.573 e. The second kappa shape index (κ2) is 9.76. The number of halogens is 7. The first-order valence-electron chi connectivity index (χ1n) is 10.1. The zero-order valence-corrected chi connectivity index (χ0v) is 19.6. The summed E-state index contributed by atoms with van der Waals surface area (Å²) >= 11 is 7.13. The van der Waals surface area contributed by atoms with Gasteiger partial charge in [0.2, 0.25) is 0 Å². The van der Waals surface area contributed by atoms with Crippen LogP contribution in [-0.2, 0) is 6.54 Å². The molecule has 15 heteroatoms. The highest BCUT2D eigenvalue weighted by Gasteiger charge is 2.39. The van der Waals surface area contributed by atoms with Gasteiger partial charge in [0.25, 0.3) is 5.56 Å². The Balaban J connectivity index is 1.62. The number of thiophene rings is 1. The molecule has 0 aliphatic heterocycles. The van der Waals surface area contributed by atoms with Crippen LogP contribution in [0.5, 0.6) is 17.2 Å². The van der Waals surface area contributed by atoms with Gasteiger partial charge >= 0.3 is 18.2 Å². The van der Waals surface area contributed by atoms with E-state index < -0.39 is 42.2 Å². The van der Waals surface area contributed by atoms with Crippen LogP contribution < -0.4 is 20.7 Å². The maximum atomic E-state index is 12.9. The Morgan fingerprint density at radius 3 is 2.03 bits per heavy atom. The van der Waals surface area contributed by atoms with Gasteiger partial charge in [-0.3, -0.25) is 14.3 Å². The fourth-order valence-electron chi connectivity index (χ4n) is 3.25. The standard InChI is InChI=1S/C22H13ClF6N2O5S/c23-16-15-18(33)30-20(34)31(9-14(32)21(24,25)26)19(15)37-17(16)10-1-3-11(4-2-10)35-12-5-7-13(8-6-12)36-22(27,28)29/h1-8,14,32H,9H2,(H,30,33,34). The average molecular weight is 567 g/mol. The molecule has 0 saturated carbocycles. The fourth-order valence-corrected chi connectivity index (χ4v) is 4.91. The lowest BCUT2D eigenvalue weighted by atomic mass is 10.1. The van der Waals surface area contributed by atoms with E-state index in [-0.39, 0.29) is 31.6 Å². The van der Waals surface area contributed by atoms with Gasteiger partial charge in [-0.1, -0.05) is 11.6 Å². The molecule has 1 unspecified atom stereocenters. The molecule has 2 heterocycles. The molecule has 0 aliphatic carbocycles.